The number of nitrogens with zero attached hydrogens (tertiary/aromatic N) is 2. The van der Waals surface area contributed by atoms with E-state index in [0.29, 0.717) is 29.8 Å². The lowest BCUT2D eigenvalue weighted by Crippen LogP contribution is -2.41. The molecule has 2 heterocycles. The van der Waals surface area contributed by atoms with Crippen LogP contribution in [0.4, 0.5) is 5.69 Å². The molecule has 0 unspecified atom stereocenters. The Kier molecular flexibility index (Phi) is 3.05. The number of carbonyl (C=O) groups is 2. The molecule has 0 radical (unpaired) electrons. The van der Waals surface area contributed by atoms with Crippen molar-refractivity contribution < 1.29 is 9.59 Å². The van der Waals surface area contributed by atoms with Crippen LogP contribution in [0.3, 0.4) is 0 Å². The fourth-order valence-electron chi connectivity index (χ4n) is 3.37. The molecule has 0 saturated carbocycles. The number of hydrazine groups is 1. The molecule has 0 N–H and O–H groups in total. The van der Waals surface area contributed by atoms with E-state index in [4.69, 9.17) is 0 Å². The van der Waals surface area contributed by atoms with Gasteiger partial charge in [-0.05, 0) is 13.0 Å². The van der Waals surface area contributed by atoms with E-state index in [1.54, 1.807) is 5.01 Å². The zero-order chi connectivity index (χ0) is 16.0. The first-order chi connectivity index (χ1) is 11.2. The van der Waals surface area contributed by atoms with Gasteiger partial charge in [0.1, 0.15) is 0 Å². The molecule has 0 spiro atoms. The smallest absolute Gasteiger partial charge is 0.247 e. The number of hydrogen-bond donors (Lipinski definition) is 0. The van der Waals surface area contributed by atoms with E-state index in [9.17, 15) is 9.59 Å². The van der Waals surface area contributed by atoms with Crippen LogP contribution in [0, 0.1) is 0 Å². The van der Waals surface area contributed by atoms with Gasteiger partial charge in [0.2, 0.25) is 5.91 Å². The first-order valence-electron chi connectivity index (χ1n) is 7.69. The zero-order valence-corrected chi connectivity index (χ0v) is 12.8. The third kappa shape index (κ3) is 1.99. The monoisotopic (exact) mass is 304 g/mol. The van der Waals surface area contributed by atoms with E-state index in [1.165, 1.54) is 0 Å². The van der Waals surface area contributed by atoms with E-state index in [1.807, 2.05) is 66.5 Å². The Morgan fingerprint density at radius 2 is 1.70 bits per heavy atom. The van der Waals surface area contributed by atoms with Crippen LogP contribution >= 0.6 is 0 Å². The van der Waals surface area contributed by atoms with Crippen molar-refractivity contribution in [1.82, 2.24) is 5.01 Å². The lowest BCUT2D eigenvalue weighted by molar-refractivity contribution is -0.126. The summed E-state index contributed by atoms with van der Waals surface area (Å²) < 4.78 is 0. The maximum Gasteiger partial charge on any atom is 0.247 e. The van der Waals surface area contributed by atoms with E-state index in [0.717, 1.165) is 11.3 Å². The number of hydrogen-bond acceptors (Lipinski definition) is 3. The summed E-state index contributed by atoms with van der Waals surface area (Å²) in [7, 11) is 0. The summed E-state index contributed by atoms with van der Waals surface area (Å²) in [5.41, 5.74) is 3.77. The van der Waals surface area contributed by atoms with Gasteiger partial charge in [0.15, 0.2) is 5.78 Å². The molecule has 4 nitrogen and oxygen atoms in total. The summed E-state index contributed by atoms with van der Waals surface area (Å²) in [6, 6.07) is 17.0. The topological polar surface area (TPSA) is 40.6 Å². The van der Waals surface area contributed by atoms with Gasteiger partial charge in [-0.25, -0.2) is 5.01 Å². The number of benzene rings is 2. The number of Topliss-reactive ketones (excluding diaryl/α,β-unsaturated/α-hetero) is 1. The molecule has 0 aliphatic carbocycles. The van der Waals surface area contributed by atoms with Crippen LogP contribution in [0.15, 0.2) is 60.3 Å². The number of amides is 1. The molecule has 0 aromatic heterocycles. The lowest BCUT2D eigenvalue weighted by atomic mass is 9.92. The Morgan fingerprint density at radius 3 is 2.48 bits per heavy atom. The normalized spacial score (nSPS) is 16.5. The standard InChI is InChI=1S/C19H16N2O2/c1-13-18(19(23)14-7-3-2-4-8-14)15-9-5-6-10-16(15)20-12-11-17(22)21(13)20/h2-10H,11-12H2,1H3. The van der Waals surface area contributed by atoms with Crippen molar-refractivity contribution in [2.45, 2.75) is 13.3 Å². The molecule has 2 aromatic carbocycles. The van der Waals surface area contributed by atoms with Crippen molar-refractivity contribution in [3.63, 3.8) is 0 Å². The van der Waals surface area contributed by atoms with Crippen molar-refractivity contribution in [3.8, 4) is 0 Å². The zero-order valence-electron chi connectivity index (χ0n) is 12.8. The summed E-state index contributed by atoms with van der Waals surface area (Å²) in [5, 5.41) is 3.62. The summed E-state index contributed by atoms with van der Waals surface area (Å²) >= 11 is 0. The second-order valence-corrected chi connectivity index (χ2v) is 5.75. The first-order valence-corrected chi connectivity index (χ1v) is 7.69. The predicted octanol–water partition coefficient (Wildman–Crippen LogP) is 3.27. The second-order valence-electron chi connectivity index (χ2n) is 5.75. The molecule has 1 saturated heterocycles. The second kappa shape index (κ2) is 5.09. The van der Waals surface area contributed by atoms with Crippen LogP contribution < -0.4 is 5.01 Å². The van der Waals surface area contributed by atoms with Crippen LogP contribution in [0.5, 0.6) is 0 Å². The van der Waals surface area contributed by atoms with Crippen LogP contribution in [0.1, 0.15) is 29.3 Å². The molecule has 2 aliphatic heterocycles. The number of anilines is 1. The number of fused-ring (bicyclic) bond motifs is 3. The quantitative estimate of drug-likeness (QED) is 0.800. The van der Waals surface area contributed by atoms with Crippen LogP contribution in [0.25, 0.3) is 5.57 Å². The maximum atomic E-state index is 13.1. The van der Waals surface area contributed by atoms with Gasteiger partial charge in [-0.3, -0.25) is 14.6 Å². The van der Waals surface area contributed by atoms with Crippen LogP contribution in [-0.2, 0) is 4.79 Å². The third-order valence-corrected chi connectivity index (χ3v) is 4.41. The molecule has 0 atom stereocenters. The molecule has 2 aliphatic rings. The molecule has 0 bridgehead atoms. The number of allylic oxidation sites excluding steroid dienone is 2. The van der Waals surface area contributed by atoms with Crippen molar-refractivity contribution in [3.05, 3.63) is 71.4 Å². The maximum absolute atomic E-state index is 13.1. The van der Waals surface area contributed by atoms with Gasteiger partial charge in [-0.2, -0.15) is 0 Å². The number of rotatable bonds is 2. The number of carbonyl (C=O) groups excluding carboxylic acids is 2. The van der Waals surface area contributed by atoms with Gasteiger partial charge in [0.05, 0.1) is 17.0 Å². The first kappa shape index (κ1) is 13.8. The highest BCUT2D eigenvalue weighted by Crippen LogP contribution is 2.41. The fourth-order valence-corrected chi connectivity index (χ4v) is 3.37. The van der Waals surface area contributed by atoms with Crippen molar-refractivity contribution >= 4 is 23.0 Å². The van der Waals surface area contributed by atoms with Crippen molar-refractivity contribution in [2.24, 2.45) is 0 Å². The average molecular weight is 304 g/mol. The molecular weight excluding hydrogens is 288 g/mol. The Morgan fingerprint density at radius 1 is 1.00 bits per heavy atom. The van der Waals surface area contributed by atoms with E-state index < -0.39 is 0 Å². The molecule has 2 aromatic rings. The van der Waals surface area contributed by atoms with Gasteiger partial charge in [-0.15, -0.1) is 0 Å². The highest BCUT2D eigenvalue weighted by atomic mass is 16.2. The highest BCUT2D eigenvalue weighted by molar-refractivity contribution is 6.31. The molecular formula is C19H16N2O2. The minimum Gasteiger partial charge on any atom is -0.289 e. The highest BCUT2D eigenvalue weighted by Gasteiger charge is 2.38. The lowest BCUT2D eigenvalue weighted by Gasteiger charge is -2.37. The predicted molar refractivity (Wildman–Crippen MR) is 88.6 cm³/mol. The molecule has 1 amide bonds. The average Bonchev–Trinajstić information content (AvgIpc) is 2.98. The summed E-state index contributed by atoms with van der Waals surface area (Å²) in [5.74, 6) is -0.00901. The number of para-hydroxylation sites is 1. The number of ketones is 1. The minimum absolute atomic E-state index is 0.0374. The van der Waals surface area contributed by atoms with Crippen LogP contribution in [-0.4, -0.2) is 23.2 Å². The van der Waals surface area contributed by atoms with Gasteiger partial charge in [0, 0.05) is 24.1 Å². The van der Waals surface area contributed by atoms with Gasteiger partial charge in [0.25, 0.3) is 0 Å². The fraction of sp³-hybridized carbons (Fsp3) is 0.158. The van der Waals surface area contributed by atoms with Gasteiger partial charge < -0.3 is 0 Å². The summed E-state index contributed by atoms with van der Waals surface area (Å²) in [6.07, 6.45) is 0.471. The van der Waals surface area contributed by atoms with Gasteiger partial charge >= 0.3 is 0 Å². The molecule has 23 heavy (non-hydrogen) atoms. The Labute approximate surface area is 134 Å². The largest absolute Gasteiger partial charge is 0.289 e. The molecule has 4 heteroatoms. The van der Waals surface area contributed by atoms with Gasteiger partial charge in [-0.1, -0.05) is 48.5 Å². The van der Waals surface area contributed by atoms with E-state index in [2.05, 4.69) is 0 Å². The van der Waals surface area contributed by atoms with Crippen LogP contribution in [0.2, 0.25) is 0 Å². The minimum atomic E-state index is -0.0464. The Balaban J connectivity index is 1.93. The Hall–Kier alpha value is -2.88. The van der Waals surface area contributed by atoms with Crippen molar-refractivity contribution in [2.75, 3.05) is 11.6 Å². The molecule has 114 valence electrons. The Bertz CT molecular complexity index is 839. The van der Waals surface area contributed by atoms with E-state index in [-0.39, 0.29) is 11.7 Å². The molecule has 1 fully saturated rings. The third-order valence-electron chi connectivity index (χ3n) is 4.41. The van der Waals surface area contributed by atoms with Crippen molar-refractivity contribution in [1.29, 1.82) is 0 Å². The SMILES string of the molecule is CC1=C(C(=O)c2ccccc2)c2ccccc2N2CCC(=O)N12. The summed E-state index contributed by atoms with van der Waals surface area (Å²) in [4.78, 5) is 25.3. The summed E-state index contributed by atoms with van der Waals surface area (Å²) in [6.45, 7) is 2.50. The molecule has 4 rings (SSSR count). The van der Waals surface area contributed by atoms with E-state index >= 15 is 0 Å².